The second-order valence-corrected chi connectivity index (χ2v) is 4.64. The lowest BCUT2D eigenvalue weighted by Crippen LogP contribution is -2.24. The van der Waals surface area contributed by atoms with E-state index in [4.69, 9.17) is 5.73 Å². The molecule has 0 unspecified atom stereocenters. The van der Waals surface area contributed by atoms with E-state index in [1.54, 1.807) is 48.1 Å². The first-order valence-corrected chi connectivity index (χ1v) is 6.38. The number of carbonyl (C=O) groups excluding carboxylic acids is 2. The molecular formula is C15H17N3O3. The number of nitrogens with zero attached hydrogens (tertiary/aromatic N) is 1. The molecule has 0 saturated carbocycles. The predicted octanol–water partition coefficient (Wildman–Crippen LogP) is 1.32. The molecule has 0 saturated heterocycles. The summed E-state index contributed by atoms with van der Waals surface area (Å²) in [6.45, 7) is 0.366. The summed E-state index contributed by atoms with van der Waals surface area (Å²) in [5.41, 5.74) is 8.05. The van der Waals surface area contributed by atoms with Gasteiger partial charge in [-0.25, -0.2) is 4.79 Å². The van der Waals surface area contributed by atoms with E-state index in [-0.39, 0.29) is 11.9 Å². The van der Waals surface area contributed by atoms with Gasteiger partial charge in [-0.2, -0.15) is 0 Å². The molecule has 0 atom stereocenters. The molecule has 0 fully saturated rings. The number of methoxy groups -OCH3 is 1. The number of nitrogens with one attached hydrogen (secondary N) is 1. The fraction of sp³-hybridized carbons (Fsp3) is 0.200. The number of esters is 1. The summed E-state index contributed by atoms with van der Waals surface area (Å²) in [6.07, 6.45) is 1.68. The monoisotopic (exact) mass is 287 g/mol. The summed E-state index contributed by atoms with van der Waals surface area (Å²) in [4.78, 5) is 23.3. The van der Waals surface area contributed by atoms with Gasteiger partial charge >= 0.3 is 5.97 Å². The van der Waals surface area contributed by atoms with E-state index in [1.165, 1.54) is 7.11 Å². The Morgan fingerprint density at radius 2 is 1.95 bits per heavy atom. The largest absolute Gasteiger partial charge is 0.465 e. The van der Waals surface area contributed by atoms with E-state index in [9.17, 15) is 9.59 Å². The highest BCUT2D eigenvalue weighted by molar-refractivity contribution is 5.93. The Morgan fingerprint density at radius 3 is 2.48 bits per heavy atom. The molecule has 1 amide bonds. The minimum atomic E-state index is -0.384. The molecular weight excluding hydrogens is 270 g/mol. The molecule has 0 spiro atoms. The van der Waals surface area contributed by atoms with Gasteiger partial charge in [0.05, 0.1) is 18.4 Å². The highest BCUT2D eigenvalue weighted by atomic mass is 16.5. The molecule has 0 bridgehead atoms. The number of ether oxygens (including phenoxy) is 1. The van der Waals surface area contributed by atoms with Gasteiger partial charge in [0.25, 0.3) is 5.91 Å². The van der Waals surface area contributed by atoms with E-state index in [0.29, 0.717) is 23.5 Å². The van der Waals surface area contributed by atoms with Crippen molar-refractivity contribution in [3.05, 3.63) is 53.3 Å². The van der Waals surface area contributed by atoms with Crippen molar-refractivity contribution in [1.82, 2.24) is 9.88 Å². The number of carbonyl (C=O) groups is 2. The minimum absolute atomic E-state index is 0.203. The van der Waals surface area contributed by atoms with E-state index in [2.05, 4.69) is 10.1 Å². The number of rotatable bonds is 4. The average molecular weight is 287 g/mol. The van der Waals surface area contributed by atoms with Crippen molar-refractivity contribution >= 4 is 17.6 Å². The van der Waals surface area contributed by atoms with Crippen molar-refractivity contribution in [2.45, 2.75) is 6.54 Å². The molecule has 1 aromatic carbocycles. The van der Waals surface area contributed by atoms with Crippen molar-refractivity contribution in [3.63, 3.8) is 0 Å². The Balaban J connectivity index is 1.98. The number of nitrogens with two attached hydrogens (primary N) is 1. The second-order valence-electron chi connectivity index (χ2n) is 4.64. The van der Waals surface area contributed by atoms with E-state index >= 15 is 0 Å². The molecule has 3 N–H and O–H groups in total. The zero-order valence-corrected chi connectivity index (χ0v) is 11.9. The minimum Gasteiger partial charge on any atom is -0.465 e. The Hall–Kier alpha value is -2.76. The van der Waals surface area contributed by atoms with Crippen molar-refractivity contribution in [3.8, 4) is 0 Å². The van der Waals surface area contributed by atoms with Crippen LogP contribution < -0.4 is 11.1 Å². The summed E-state index contributed by atoms with van der Waals surface area (Å²) in [5, 5.41) is 2.80. The first kappa shape index (κ1) is 14.6. The highest BCUT2D eigenvalue weighted by Crippen LogP contribution is 2.09. The molecule has 0 aliphatic carbocycles. The summed E-state index contributed by atoms with van der Waals surface area (Å²) in [7, 11) is 3.10. The third-order valence-electron chi connectivity index (χ3n) is 3.09. The van der Waals surface area contributed by atoms with Crippen LogP contribution in [0, 0.1) is 0 Å². The second kappa shape index (κ2) is 6.13. The maximum absolute atomic E-state index is 12.0. The van der Waals surface area contributed by atoms with Crippen LogP contribution >= 0.6 is 0 Å². The standard InChI is InChI=1S/C15H17N3O3/c1-18-9-12(16)7-13(18)14(19)17-8-10-3-5-11(6-4-10)15(20)21-2/h3-7,9H,8,16H2,1-2H3,(H,17,19). The third-order valence-corrected chi connectivity index (χ3v) is 3.09. The van der Waals surface area contributed by atoms with E-state index < -0.39 is 0 Å². The van der Waals surface area contributed by atoms with Gasteiger partial charge in [-0.1, -0.05) is 12.1 Å². The van der Waals surface area contributed by atoms with Crippen LogP contribution in [0.5, 0.6) is 0 Å². The first-order valence-electron chi connectivity index (χ1n) is 6.38. The van der Waals surface area contributed by atoms with Crippen molar-refractivity contribution < 1.29 is 14.3 Å². The molecule has 2 aromatic rings. The quantitative estimate of drug-likeness (QED) is 0.830. The highest BCUT2D eigenvalue weighted by Gasteiger charge is 2.10. The maximum Gasteiger partial charge on any atom is 0.337 e. The fourth-order valence-electron chi connectivity index (χ4n) is 1.97. The number of hydrogen-bond acceptors (Lipinski definition) is 4. The molecule has 0 aliphatic heterocycles. The number of benzene rings is 1. The van der Waals surface area contributed by atoms with E-state index in [0.717, 1.165) is 5.56 Å². The van der Waals surface area contributed by atoms with Crippen molar-refractivity contribution in [2.24, 2.45) is 7.05 Å². The molecule has 110 valence electrons. The van der Waals surface area contributed by atoms with Gasteiger partial charge in [0.15, 0.2) is 0 Å². The lowest BCUT2D eigenvalue weighted by molar-refractivity contribution is 0.0600. The topological polar surface area (TPSA) is 86.3 Å². The Bertz CT molecular complexity index is 659. The fourth-order valence-corrected chi connectivity index (χ4v) is 1.97. The normalized spacial score (nSPS) is 10.2. The van der Waals surface area contributed by atoms with Gasteiger partial charge in [-0.3, -0.25) is 4.79 Å². The van der Waals surface area contributed by atoms with Crippen LogP contribution in [-0.2, 0) is 18.3 Å². The Labute approximate surface area is 122 Å². The number of hydrogen-bond donors (Lipinski definition) is 2. The first-order chi connectivity index (χ1) is 10.0. The summed E-state index contributed by atoms with van der Waals surface area (Å²) >= 11 is 0. The van der Waals surface area contributed by atoms with Gasteiger partial charge in [-0.05, 0) is 23.8 Å². The van der Waals surface area contributed by atoms with Crippen LogP contribution in [0.1, 0.15) is 26.4 Å². The van der Waals surface area contributed by atoms with Gasteiger partial charge < -0.3 is 20.4 Å². The molecule has 0 radical (unpaired) electrons. The lowest BCUT2D eigenvalue weighted by Gasteiger charge is -2.07. The number of nitrogen functional groups attached to an aromatic ring is 1. The van der Waals surface area contributed by atoms with Crippen molar-refractivity contribution in [1.29, 1.82) is 0 Å². The predicted molar refractivity (Wildman–Crippen MR) is 78.8 cm³/mol. The lowest BCUT2D eigenvalue weighted by atomic mass is 10.1. The Morgan fingerprint density at radius 1 is 1.29 bits per heavy atom. The van der Waals surface area contributed by atoms with Crippen LogP contribution in [0.2, 0.25) is 0 Å². The molecule has 6 heteroatoms. The van der Waals surface area contributed by atoms with E-state index in [1.807, 2.05) is 0 Å². The Kier molecular flexibility index (Phi) is 4.27. The van der Waals surface area contributed by atoms with Gasteiger partial charge in [-0.15, -0.1) is 0 Å². The summed E-state index contributed by atoms with van der Waals surface area (Å²) in [6, 6.07) is 8.48. The van der Waals surface area contributed by atoms with Crippen LogP contribution in [0.25, 0.3) is 0 Å². The number of anilines is 1. The molecule has 21 heavy (non-hydrogen) atoms. The number of amides is 1. The summed E-state index contributed by atoms with van der Waals surface area (Å²) < 4.78 is 6.30. The number of aromatic nitrogens is 1. The zero-order chi connectivity index (χ0) is 15.4. The maximum atomic E-state index is 12.0. The van der Waals surface area contributed by atoms with Gasteiger partial charge in [0.1, 0.15) is 5.69 Å². The van der Waals surface area contributed by atoms with Gasteiger partial charge in [0.2, 0.25) is 0 Å². The molecule has 1 aromatic heterocycles. The average Bonchev–Trinajstić information content (AvgIpc) is 2.83. The van der Waals surface area contributed by atoms with Crippen LogP contribution in [-0.4, -0.2) is 23.6 Å². The van der Waals surface area contributed by atoms with Crippen LogP contribution in [0.4, 0.5) is 5.69 Å². The SMILES string of the molecule is COC(=O)c1ccc(CNC(=O)c2cc(N)cn2C)cc1. The van der Waals surface area contributed by atoms with Crippen LogP contribution in [0.3, 0.4) is 0 Å². The molecule has 1 heterocycles. The van der Waals surface area contributed by atoms with Crippen molar-refractivity contribution in [2.75, 3.05) is 12.8 Å². The number of aryl methyl sites for hydroxylation is 1. The third kappa shape index (κ3) is 3.42. The molecule has 6 nitrogen and oxygen atoms in total. The molecule has 0 aliphatic rings. The van der Waals surface area contributed by atoms with Crippen LogP contribution in [0.15, 0.2) is 36.5 Å². The van der Waals surface area contributed by atoms with Gasteiger partial charge in [0, 0.05) is 19.8 Å². The molecule has 2 rings (SSSR count). The summed E-state index contributed by atoms with van der Waals surface area (Å²) in [5.74, 6) is -0.587. The smallest absolute Gasteiger partial charge is 0.337 e. The zero-order valence-electron chi connectivity index (χ0n) is 11.9.